The van der Waals surface area contributed by atoms with Crippen molar-refractivity contribution in [2.45, 2.75) is 64.5 Å². The smallest absolute Gasteiger partial charge is 0.191 e. The molecule has 1 aliphatic rings. The molecule has 0 aromatic heterocycles. The topological polar surface area (TPSA) is 45.7 Å². The van der Waals surface area contributed by atoms with Crippen LogP contribution in [0.4, 0.5) is 0 Å². The van der Waals surface area contributed by atoms with Gasteiger partial charge in [-0.05, 0) is 32.6 Å². The van der Waals surface area contributed by atoms with Gasteiger partial charge >= 0.3 is 0 Å². The molecule has 5 heteroatoms. The minimum absolute atomic E-state index is 0. The minimum Gasteiger partial charge on any atom is -0.378 e. The van der Waals surface area contributed by atoms with E-state index in [4.69, 9.17) is 4.74 Å². The number of ether oxygens (including phenoxy) is 1. The summed E-state index contributed by atoms with van der Waals surface area (Å²) in [6.45, 7) is 6.11. The number of guanidine groups is 1. The molecule has 0 bridgehead atoms. The Morgan fingerprint density at radius 1 is 1.37 bits per heavy atom. The van der Waals surface area contributed by atoms with Crippen molar-refractivity contribution in [2.24, 2.45) is 4.99 Å². The fourth-order valence-corrected chi connectivity index (χ4v) is 2.11. The van der Waals surface area contributed by atoms with Crippen LogP contribution >= 0.6 is 24.0 Å². The highest BCUT2D eigenvalue weighted by atomic mass is 127. The first-order valence-corrected chi connectivity index (χ1v) is 7.35. The molecule has 1 aliphatic carbocycles. The van der Waals surface area contributed by atoms with E-state index in [-0.39, 0.29) is 24.0 Å². The first-order chi connectivity index (χ1) is 8.76. The third-order valence-electron chi connectivity index (χ3n) is 3.49. The van der Waals surface area contributed by atoms with Crippen LogP contribution in [0.5, 0.6) is 0 Å². The van der Waals surface area contributed by atoms with E-state index in [9.17, 15) is 0 Å². The molecule has 0 heterocycles. The van der Waals surface area contributed by atoms with Gasteiger partial charge in [-0.3, -0.25) is 4.99 Å². The van der Waals surface area contributed by atoms with Crippen molar-refractivity contribution in [1.29, 1.82) is 0 Å². The molecule has 0 aromatic rings. The second-order valence-corrected chi connectivity index (χ2v) is 5.08. The Labute approximate surface area is 135 Å². The van der Waals surface area contributed by atoms with Crippen LogP contribution in [0, 0.1) is 0 Å². The molecule has 0 aromatic carbocycles. The second-order valence-electron chi connectivity index (χ2n) is 5.08. The summed E-state index contributed by atoms with van der Waals surface area (Å²) in [6.07, 6.45) is 7.86. The maximum Gasteiger partial charge on any atom is 0.191 e. The van der Waals surface area contributed by atoms with Gasteiger partial charge in [-0.15, -0.1) is 24.0 Å². The fraction of sp³-hybridized carbons (Fsp3) is 0.929. The van der Waals surface area contributed by atoms with Gasteiger partial charge < -0.3 is 15.4 Å². The Kier molecular flexibility index (Phi) is 11.7. The molecule has 4 nitrogen and oxygen atoms in total. The average molecular weight is 383 g/mol. The molecule has 0 spiro atoms. The van der Waals surface area contributed by atoms with Crippen molar-refractivity contribution in [3.63, 3.8) is 0 Å². The van der Waals surface area contributed by atoms with Gasteiger partial charge in [-0.2, -0.15) is 0 Å². The molecule has 0 aliphatic heterocycles. The molecular formula is C14H30IN3O. The highest BCUT2D eigenvalue weighted by Gasteiger charge is 2.14. The van der Waals surface area contributed by atoms with Gasteiger partial charge in [0.15, 0.2) is 5.96 Å². The van der Waals surface area contributed by atoms with Gasteiger partial charge in [0.1, 0.15) is 0 Å². The highest BCUT2D eigenvalue weighted by molar-refractivity contribution is 14.0. The largest absolute Gasteiger partial charge is 0.378 e. The lowest BCUT2D eigenvalue weighted by atomic mass is 10.3. The number of halogens is 1. The lowest BCUT2D eigenvalue weighted by Gasteiger charge is -2.16. The van der Waals surface area contributed by atoms with E-state index in [1.165, 1.54) is 25.7 Å². The quantitative estimate of drug-likeness (QED) is 0.308. The van der Waals surface area contributed by atoms with Gasteiger partial charge in [0.05, 0.1) is 6.10 Å². The van der Waals surface area contributed by atoms with Gasteiger partial charge in [-0.25, -0.2) is 0 Å². The van der Waals surface area contributed by atoms with Gasteiger partial charge in [0.25, 0.3) is 0 Å². The first-order valence-electron chi connectivity index (χ1n) is 7.35. The monoisotopic (exact) mass is 383 g/mol. The van der Waals surface area contributed by atoms with E-state index in [1.807, 2.05) is 7.05 Å². The summed E-state index contributed by atoms with van der Waals surface area (Å²) in [5.74, 6) is 0.894. The Morgan fingerprint density at radius 2 is 2.05 bits per heavy atom. The van der Waals surface area contributed by atoms with Gasteiger partial charge in [0.2, 0.25) is 0 Å². The number of nitrogens with zero attached hydrogens (tertiary/aromatic N) is 1. The summed E-state index contributed by atoms with van der Waals surface area (Å²) >= 11 is 0. The first kappa shape index (κ1) is 19.0. The van der Waals surface area contributed by atoms with Gasteiger partial charge in [-0.1, -0.05) is 19.8 Å². The molecule has 1 rings (SSSR count). The van der Waals surface area contributed by atoms with Crippen LogP contribution in [0.25, 0.3) is 0 Å². The summed E-state index contributed by atoms with van der Waals surface area (Å²) in [6, 6.07) is 0.464. The van der Waals surface area contributed by atoms with Crippen LogP contribution in [-0.4, -0.2) is 38.3 Å². The van der Waals surface area contributed by atoms with Crippen molar-refractivity contribution >= 4 is 29.9 Å². The van der Waals surface area contributed by atoms with E-state index in [0.29, 0.717) is 12.1 Å². The summed E-state index contributed by atoms with van der Waals surface area (Å²) in [5, 5.41) is 6.67. The maximum absolute atomic E-state index is 5.82. The van der Waals surface area contributed by atoms with Crippen LogP contribution in [0.2, 0.25) is 0 Å². The molecular weight excluding hydrogens is 353 g/mol. The second kappa shape index (κ2) is 11.8. The normalized spacial score (nSPS) is 17.9. The standard InChI is InChI=1S/C14H29N3O.HI/c1-4-12(2)17-14(15-3)16-10-7-11-18-13-8-5-6-9-13;/h12-13H,4-11H2,1-3H3,(H2,15,16,17);1H. The van der Waals surface area contributed by atoms with E-state index in [2.05, 4.69) is 29.5 Å². The van der Waals surface area contributed by atoms with Crippen LogP contribution in [-0.2, 0) is 4.74 Å². The molecule has 2 N–H and O–H groups in total. The maximum atomic E-state index is 5.82. The van der Waals surface area contributed by atoms with E-state index < -0.39 is 0 Å². The van der Waals surface area contributed by atoms with Crippen LogP contribution in [0.15, 0.2) is 4.99 Å². The number of hydrogen-bond donors (Lipinski definition) is 2. The van der Waals surface area contributed by atoms with E-state index in [1.54, 1.807) is 0 Å². The Hall–Kier alpha value is -0.0400. The summed E-state index contributed by atoms with van der Waals surface area (Å²) in [5.41, 5.74) is 0. The molecule has 1 fully saturated rings. The van der Waals surface area contributed by atoms with Crippen LogP contribution in [0.3, 0.4) is 0 Å². The zero-order chi connectivity index (χ0) is 13.2. The van der Waals surface area contributed by atoms with Crippen molar-refractivity contribution in [2.75, 3.05) is 20.2 Å². The van der Waals surface area contributed by atoms with Crippen LogP contribution < -0.4 is 10.6 Å². The zero-order valence-corrected chi connectivity index (χ0v) is 14.9. The third kappa shape index (κ3) is 8.68. The number of nitrogens with one attached hydrogen (secondary N) is 2. The van der Waals surface area contributed by atoms with E-state index in [0.717, 1.165) is 32.0 Å². The average Bonchev–Trinajstić information content (AvgIpc) is 2.89. The van der Waals surface area contributed by atoms with Crippen LogP contribution in [0.1, 0.15) is 52.4 Å². The molecule has 114 valence electrons. The highest BCUT2D eigenvalue weighted by Crippen LogP contribution is 2.20. The fourth-order valence-electron chi connectivity index (χ4n) is 2.11. The van der Waals surface area contributed by atoms with Crippen molar-refractivity contribution in [3.05, 3.63) is 0 Å². The minimum atomic E-state index is 0. The van der Waals surface area contributed by atoms with Crippen molar-refractivity contribution in [1.82, 2.24) is 10.6 Å². The van der Waals surface area contributed by atoms with Crippen molar-refractivity contribution < 1.29 is 4.74 Å². The van der Waals surface area contributed by atoms with Crippen molar-refractivity contribution in [3.8, 4) is 0 Å². The zero-order valence-electron chi connectivity index (χ0n) is 12.6. The summed E-state index contributed by atoms with van der Waals surface area (Å²) in [7, 11) is 1.81. The Balaban J connectivity index is 0.00000324. The molecule has 0 radical (unpaired) electrons. The summed E-state index contributed by atoms with van der Waals surface area (Å²) < 4.78 is 5.82. The molecule has 1 atom stereocenters. The Bertz CT molecular complexity index is 243. The molecule has 1 unspecified atom stereocenters. The molecule has 1 saturated carbocycles. The Morgan fingerprint density at radius 3 is 2.63 bits per heavy atom. The number of aliphatic imine (C=N–C) groups is 1. The summed E-state index contributed by atoms with van der Waals surface area (Å²) in [4.78, 5) is 4.20. The predicted molar refractivity (Wildman–Crippen MR) is 92.5 cm³/mol. The molecule has 19 heavy (non-hydrogen) atoms. The number of hydrogen-bond acceptors (Lipinski definition) is 2. The molecule has 0 saturated heterocycles. The molecule has 0 amide bonds. The lowest BCUT2D eigenvalue weighted by molar-refractivity contribution is 0.0574. The van der Waals surface area contributed by atoms with Gasteiger partial charge in [0, 0.05) is 26.2 Å². The predicted octanol–water partition coefficient (Wildman–Crippen LogP) is 2.92. The van der Waals surface area contributed by atoms with E-state index >= 15 is 0 Å². The third-order valence-corrected chi connectivity index (χ3v) is 3.49. The SMILES string of the molecule is CCC(C)NC(=NC)NCCCOC1CCCC1.I. The lowest BCUT2D eigenvalue weighted by Crippen LogP contribution is -2.42. The number of rotatable bonds is 7.